The monoisotopic (exact) mass is 254 g/mol. The third-order valence-corrected chi connectivity index (χ3v) is 5.09. The average Bonchev–Trinajstić information content (AvgIpc) is 2.33. The van der Waals surface area contributed by atoms with Gasteiger partial charge in [-0.1, -0.05) is 0 Å². The Labute approximate surface area is 107 Å². The van der Waals surface area contributed by atoms with Crippen LogP contribution in [0.1, 0.15) is 38.5 Å². The summed E-state index contributed by atoms with van der Waals surface area (Å²) in [4.78, 5) is 12.3. The van der Waals surface area contributed by atoms with E-state index in [1.165, 1.54) is 19.3 Å². The fourth-order valence-electron chi connectivity index (χ4n) is 4.74. The van der Waals surface area contributed by atoms with Gasteiger partial charge >= 0.3 is 5.97 Å². The number of aliphatic hydroxyl groups is 2. The van der Waals surface area contributed by atoms with Gasteiger partial charge in [0.25, 0.3) is 0 Å². The van der Waals surface area contributed by atoms with E-state index in [2.05, 4.69) is 0 Å². The first kappa shape index (κ1) is 12.4. The van der Waals surface area contributed by atoms with Gasteiger partial charge in [-0.05, 0) is 56.3 Å². The van der Waals surface area contributed by atoms with Crippen molar-refractivity contribution in [3.63, 3.8) is 0 Å². The molecule has 2 N–H and O–H groups in total. The number of hydrogen-bond donors (Lipinski definition) is 2. The van der Waals surface area contributed by atoms with E-state index in [0.717, 1.165) is 19.3 Å². The van der Waals surface area contributed by atoms with Gasteiger partial charge in [-0.3, -0.25) is 4.79 Å². The number of carbonyl (C=O) groups is 1. The molecule has 0 spiro atoms. The van der Waals surface area contributed by atoms with Crippen LogP contribution in [0.15, 0.2) is 0 Å². The van der Waals surface area contributed by atoms with Crippen LogP contribution in [0, 0.1) is 23.2 Å². The predicted octanol–water partition coefficient (Wildman–Crippen LogP) is 1.10. The molecule has 4 aliphatic rings. The lowest BCUT2D eigenvalue weighted by Crippen LogP contribution is -2.50. The van der Waals surface area contributed by atoms with Crippen LogP contribution >= 0.6 is 0 Å². The molecule has 4 aliphatic carbocycles. The lowest BCUT2D eigenvalue weighted by molar-refractivity contribution is -0.174. The average molecular weight is 254 g/mol. The van der Waals surface area contributed by atoms with Gasteiger partial charge in [0.05, 0.1) is 12.0 Å². The summed E-state index contributed by atoms with van der Waals surface area (Å²) in [5, 5.41) is 18.0. The van der Waals surface area contributed by atoms with Crippen molar-refractivity contribution in [3.8, 4) is 0 Å². The minimum absolute atomic E-state index is 0.0723. The summed E-state index contributed by atoms with van der Waals surface area (Å²) in [5.74, 6) is 2.01. The SMILES string of the molecule is O=C(OC[C@@H](O)CO)C12CC3CC(CC(C3)C1)C2. The summed E-state index contributed by atoms with van der Waals surface area (Å²) < 4.78 is 5.23. The minimum atomic E-state index is -0.942. The molecule has 4 fully saturated rings. The number of aliphatic hydroxyl groups excluding tert-OH is 2. The summed E-state index contributed by atoms with van der Waals surface area (Å²) in [6.07, 6.45) is 5.89. The Bertz CT molecular complexity index is 303. The van der Waals surface area contributed by atoms with Crippen LogP contribution in [0.2, 0.25) is 0 Å². The molecule has 1 atom stereocenters. The van der Waals surface area contributed by atoms with Gasteiger partial charge in [-0.2, -0.15) is 0 Å². The summed E-state index contributed by atoms with van der Waals surface area (Å²) in [5.41, 5.74) is -0.260. The molecule has 4 heteroatoms. The highest BCUT2D eigenvalue weighted by Gasteiger charge is 2.55. The predicted molar refractivity (Wildman–Crippen MR) is 64.7 cm³/mol. The van der Waals surface area contributed by atoms with Crippen molar-refractivity contribution >= 4 is 5.97 Å². The molecular weight excluding hydrogens is 232 g/mol. The van der Waals surface area contributed by atoms with Crippen LogP contribution in [-0.2, 0) is 9.53 Å². The third kappa shape index (κ3) is 2.05. The second kappa shape index (κ2) is 4.49. The van der Waals surface area contributed by atoms with Crippen LogP contribution in [0.4, 0.5) is 0 Å². The summed E-state index contributed by atoms with van der Waals surface area (Å²) >= 11 is 0. The van der Waals surface area contributed by atoms with Gasteiger partial charge in [0.15, 0.2) is 0 Å². The number of esters is 1. The summed E-state index contributed by atoms with van der Waals surface area (Å²) in [7, 11) is 0. The maximum atomic E-state index is 12.3. The van der Waals surface area contributed by atoms with Gasteiger partial charge in [-0.25, -0.2) is 0 Å². The summed E-state index contributed by atoms with van der Waals surface area (Å²) in [6, 6.07) is 0. The normalized spacial score (nSPS) is 42.9. The molecule has 0 aromatic heterocycles. The summed E-state index contributed by atoms with van der Waals surface area (Å²) in [6.45, 7) is -0.425. The topological polar surface area (TPSA) is 66.8 Å². The highest BCUT2D eigenvalue weighted by atomic mass is 16.5. The van der Waals surface area contributed by atoms with Crippen molar-refractivity contribution < 1.29 is 19.7 Å². The van der Waals surface area contributed by atoms with Gasteiger partial charge in [0.2, 0.25) is 0 Å². The van der Waals surface area contributed by atoms with Crippen LogP contribution in [0.5, 0.6) is 0 Å². The molecule has 0 radical (unpaired) electrons. The fraction of sp³-hybridized carbons (Fsp3) is 0.929. The Morgan fingerprint density at radius 3 is 2.11 bits per heavy atom. The second-order valence-electron chi connectivity index (χ2n) is 6.63. The van der Waals surface area contributed by atoms with Crippen LogP contribution < -0.4 is 0 Å². The van der Waals surface area contributed by atoms with Crippen LogP contribution in [0.3, 0.4) is 0 Å². The van der Waals surface area contributed by atoms with E-state index in [1.807, 2.05) is 0 Å². The maximum absolute atomic E-state index is 12.3. The molecule has 0 heterocycles. The van der Waals surface area contributed by atoms with E-state index in [0.29, 0.717) is 17.8 Å². The first-order chi connectivity index (χ1) is 8.61. The first-order valence-electron chi connectivity index (χ1n) is 7.07. The maximum Gasteiger partial charge on any atom is 0.312 e. The van der Waals surface area contributed by atoms with Gasteiger partial charge in [0, 0.05) is 0 Å². The molecule has 0 aromatic rings. The molecule has 18 heavy (non-hydrogen) atoms. The zero-order valence-corrected chi connectivity index (χ0v) is 10.7. The molecule has 4 saturated carbocycles. The molecule has 4 nitrogen and oxygen atoms in total. The lowest BCUT2D eigenvalue weighted by atomic mass is 9.49. The Balaban J connectivity index is 1.66. The molecule has 4 rings (SSSR count). The smallest absolute Gasteiger partial charge is 0.312 e. The molecule has 0 saturated heterocycles. The van der Waals surface area contributed by atoms with E-state index in [9.17, 15) is 9.90 Å². The highest BCUT2D eigenvalue weighted by Crippen LogP contribution is 2.60. The molecule has 102 valence electrons. The number of rotatable bonds is 4. The zero-order chi connectivity index (χ0) is 12.8. The Hall–Kier alpha value is -0.610. The first-order valence-corrected chi connectivity index (χ1v) is 7.07. The van der Waals surface area contributed by atoms with E-state index in [4.69, 9.17) is 9.84 Å². The molecule has 4 bridgehead atoms. The van der Waals surface area contributed by atoms with Gasteiger partial charge in [-0.15, -0.1) is 0 Å². The zero-order valence-electron chi connectivity index (χ0n) is 10.7. The fourth-order valence-corrected chi connectivity index (χ4v) is 4.74. The van der Waals surface area contributed by atoms with Crippen molar-refractivity contribution in [3.05, 3.63) is 0 Å². The van der Waals surface area contributed by atoms with Gasteiger partial charge < -0.3 is 14.9 Å². The number of ether oxygens (including phenoxy) is 1. The van der Waals surface area contributed by atoms with E-state index < -0.39 is 6.10 Å². The van der Waals surface area contributed by atoms with Crippen molar-refractivity contribution in [2.24, 2.45) is 23.2 Å². The second-order valence-corrected chi connectivity index (χ2v) is 6.63. The number of carbonyl (C=O) groups excluding carboxylic acids is 1. The molecular formula is C14H22O4. The third-order valence-electron chi connectivity index (χ3n) is 5.09. The number of hydrogen-bond acceptors (Lipinski definition) is 4. The van der Waals surface area contributed by atoms with E-state index >= 15 is 0 Å². The van der Waals surface area contributed by atoms with Crippen molar-refractivity contribution in [1.29, 1.82) is 0 Å². The van der Waals surface area contributed by atoms with Crippen molar-refractivity contribution in [1.82, 2.24) is 0 Å². The standard InChI is InChI=1S/C14H22O4/c15-7-12(16)8-18-13(17)14-4-9-1-10(5-14)3-11(2-9)6-14/h9-12,15-16H,1-8H2/t9?,10?,11?,12-,14?/m0/s1. The van der Waals surface area contributed by atoms with Gasteiger partial charge in [0.1, 0.15) is 12.7 Å². The quantitative estimate of drug-likeness (QED) is 0.737. The van der Waals surface area contributed by atoms with Crippen LogP contribution in [-0.4, -0.2) is 35.5 Å². The van der Waals surface area contributed by atoms with E-state index in [1.54, 1.807) is 0 Å². The highest BCUT2D eigenvalue weighted by molar-refractivity contribution is 5.77. The molecule has 0 aromatic carbocycles. The van der Waals surface area contributed by atoms with E-state index in [-0.39, 0.29) is 24.6 Å². The molecule has 0 unspecified atom stereocenters. The van der Waals surface area contributed by atoms with Crippen molar-refractivity contribution in [2.45, 2.75) is 44.6 Å². The van der Waals surface area contributed by atoms with Crippen molar-refractivity contribution in [2.75, 3.05) is 13.2 Å². The Morgan fingerprint density at radius 1 is 1.17 bits per heavy atom. The minimum Gasteiger partial charge on any atom is -0.462 e. The Kier molecular flexibility index (Phi) is 3.10. The Morgan fingerprint density at radius 2 is 1.67 bits per heavy atom. The molecule has 0 amide bonds. The lowest BCUT2D eigenvalue weighted by Gasteiger charge is -2.55. The van der Waals surface area contributed by atoms with Crippen LogP contribution in [0.25, 0.3) is 0 Å². The molecule has 0 aliphatic heterocycles. The largest absolute Gasteiger partial charge is 0.462 e.